The lowest BCUT2D eigenvalue weighted by atomic mass is 10.00. The van der Waals surface area contributed by atoms with Crippen molar-refractivity contribution in [3.63, 3.8) is 0 Å². The van der Waals surface area contributed by atoms with Crippen molar-refractivity contribution in [3.8, 4) is 45.3 Å². The molecule has 15 rings (SSSR count). The van der Waals surface area contributed by atoms with Gasteiger partial charge in [0.15, 0.2) is 0 Å². The van der Waals surface area contributed by atoms with Gasteiger partial charge in [-0.1, -0.05) is 152 Å². The largest absolute Gasteiger partial charge is 0.309 e. The van der Waals surface area contributed by atoms with Gasteiger partial charge in [-0.3, -0.25) is 0 Å². The highest BCUT2D eigenvalue weighted by molar-refractivity contribution is 6.13. The lowest BCUT2D eigenvalue weighted by Gasteiger charge is -2.19. The molecule has 0 fully saturated rings. The lowest BCUT2D eigenvalue weighted by Crippen LogP contribution is -2.04. The minimum atomic E-state index is 0.896. The Kier molecular flexibility index (Phi) is 8.51. The van der Waals surface area contributed by atoms with Gasteiger partial charge in [0.25, 0.3) is 0 Å². The summed E-state index contributed by atoms with van der Waals surface area (Å²) in [6.45, 7) is 2.27. The Morgan fingerprint density at radius 1 is 0.268 bits per heavy atom. The average Bonchev–Trinajstić information content (AvgIpc) is 4.16. The van der Waals surface area contributed by atoms with E-state index in [9.17, 15) is 0 Å². The van der Waals surface area contributed by atoms with E-state index in [2.05, 4.69) is 268 Å². The second-order valence-electron chi connectivity index (χ2n) is 18.8. The molecule has 10 aromatic carbocycles. The molecule has 0 N–H and O–H groups in total. The van der Waals surface area contributed by atoms with Gasteiger partial charge in [-0.15, -0.1) is 0 Å². The molecule has 0 aliphatic heterocycles. The first-order chi connectivity index (χ1) is 35.2. The fraction of sp³-hybridized carbons (Fsp3) is 0.0152. The number of benzene rings is 10. The highest BCUT2D eigenvalue weighted by Crippen LogP contribution is 2.42. The molecule has 5 aromatic heterocycles. The maximum atomic E-state index is 5.73. The van der Waals surface area contributed by atoms with Gasteiger partial charge in [0, 0.05) is 71.3 Å². The summed E-state index contributed by atoms with van der Waals surface area (Å²) in [6, 6.07) is 88.4. The summed E-state index contributed by atoms with van der Waals surface area (Å²) in [5.41, 5.74) is 18.7. The zero-order valence-corrected chi connectivity index (χ0v) is 38.8. The molecule has 5 heteroatoms. The Morgan fingerprint density at radius 2 is 0.563 bits per heavy atom. The van der Waals surface area contributed by atoms with Crippen LogP contribution in [0, 0.1) is 6.92 Å². The van der Waals surface area contributed by atoms with E-state index in [0.717, 1.165) is 83.9 Å². The molecule has 0 saturated heterocycles. The van der Waals surface area contributed by atoms with Crippen LogP contribution in [0.5, 0.6) is 0 Å². The minimum Gasteiger partial charge on any atom is -0.309 e. The summed E-state index contributed by atoms with van der Waals surface area (Å²) in [4.78, 5) is 5.73. The lowest BCUT2D eigenvalue weighted by molar-refractivity contribution is 1.11. The van der Waals surface area contributed by atoms with E-state index in [1.807, 2.05) is 0 Å². The van der Waals surface area contributed by atoms with Crippen molar-refractivity contribution < 1.29 is 0 Å². The quantitative estimate of drug-likeness (QED) is 0.164. The van der Waals surface area contributed by atoms with Crippen LogP contribution < -0.4 is 0 Å². The van der Waals surface area contributed by atoms with E-state index in [4.69, 9.17) is 4.98 Å². The molecule has 0 unspecified atom stereocenters. The van der Waals surface area contributed by atoms with Gasteiger partial charge in [-0.25, -0.2) is 4.98 Å². The monoisotopic (exact) mass is 905 g/mol. The third-order valence-corrected chi connectivity index (χ3v) is 14.9. The maximum Gasteiger partial charge on any atom is 0.0713 e. The topological polar surface area (TPSA) is 32.6 Å². The van der Waals surface area contributed by atoms with Crippen molar-refractivity contribution in [2.75, 3.05) is 0 Å². The fourth-order valence-electron chi connectivity index (χ4n) is 11.8. The van der Waals surface area contributed by atoms with Crippen molar-refractivity contribution in [1.82, 2.24) is 23.3 Å². The number of pyridine rings is 1. The van der Waals surface area contributed by atoms with E-state index < -0.39 is 0 Å². The average molecular weight is 906 g/mol. The van der Waals surface area contributed by atoms with Crippen LogP contribution in [0.25, 0.3) is 132 Å². The Bertz CT molecular complexity index is 4320. The summed E-state index contributed by atoms with van der Waals surface area (Å²) in [5.74, 6) is 0. The van der Waals surface area contributed by atoms with Gasteiger partial charge in [0.1, 0.15) is 0 Å². The normalized spacial score (nSPS) is 12.0. The summed E-state index contributed by atoms with van der Waals surface area (Å²) < 4.78 is 9.74. The zero-order chi connectivity index (χ0) is 46.7. The smallest absolute Gasteiger partial charge is 0.0713 e. The van der Waals surface area contributed by atoms with E-state index in [-0.39, 0.29) is 0 Å². The molecule has 5 heterocycles. The molecule has 0 saturated carbocycles. The van der Waals surface area contributed by atoms with Gasteiger partial charge in [0.2, 0.25) is 0 Å². The summed E-state index contributed by atoms with van der Waals surface area (Å²) >= 11 is 0. The molecule has 0 radical (unpaired) electrons. The molecule has 0 spiro atoms. The van der Waals surface area contributed by atoms with Gasteiger partial charge in [-0.2, -0.15) is 0 Å². The molecule has 0 bridgehead atoms. The van der Waals surface area contributed by atoms with Crippen molar-refractivity contribution in [1.29, 1.82) is 0 Å². The van der Waals surface area contributed by atoms with E-state index in [1.165, 1.54) is 54.1 Å². The van der Waals surface area contributed by atoms with Crippen LogP contribution in [0.15, 0.2) is 243 Å². The zero-order valence-electron chi connectivity index (χ0n) is 38.8. The predicted octanol–water partition coefficient (Wildman–Crippen LogP) is 17.1. The molecular weight excluding hydrogens is 863 g/mol. The number of aromatic nitrogens is 5. The van der Waals surface area contributed by atoms with Gasteiger partial charge >= 0.3 is 0 Å². The summed E-state index contributed by atoms with van der Waals surface area (Å²) in [7, 11) is 0. The Hall–Kier alpha value is -9.45. The van der Waals surface area contributed by atoms with Crippen molar-refractivity contribution in [3.05, 3.63) is 248 Å². The molecule has 15 aromatic rings. The first-order valence-electron chi connectivity index (χ1n) is 24.4. The SMILES string of the molecule is Cc1c(-c2cccc(-c3cc(-n4c5ccccc5c5ccccc54)cc(-n4c5ccccc5c5ccccc54)c3)n2)cc(-n2c3ccccc3c3ccccc32)cc1-n1c2ccccc2c2ccccc21. The van der Waals surface area contributed by atoms with Crippen LogP contribution in [0.4, 0.5) is 0 Å². The van der Waals surface area contributed by atoms with Gasteiger partial charge < -0.3 is 18.3 Å². The molecule has 0 atom stereocenters. The van der Waals surface area contributed by atoms with Crippen LogP contribution in [-0.2, 0) is 0 Å². The Balaban J connectivity index is 1.01. The van der Waals surface area contributed by atoms with Crippen molar-refractivity contribution in [2.24, 2.45) is 0 Å². The molecule has 0 aliphatic carbocycles. The summed E-state index contributed by atoms with van der Waals surface area (Å²) in [6.07, 6.45) is 0. The third kappa shape index (κ3) is 5.84. The van der Waals surface area contributed by atoms with Crippen LogP contribution in [-0.4, -0.2) is 23.3 Å². The molecule has 5 nitrogen and oxygen atoms in total. The van der Waals surface area contributed by atoms with Crippen molar-refractivity contribution in [2.45, 2.75) is 6.92 Å². The van der Waals surface area contributed by atoms with Crippen LogP contribution >= 0.6 is 0 Å². The van der Waals surface area contributed by atoms with Crippen molar-refractivity contribution >= 4 is 87.2 Å². The first kappa shape index (κ1) is 39.5. The molecule has 71 heavy (non-hydrogen) atoms. The van der Waals surface area contributed by atoms with E-state index in [1.54, 1.807) is 0 Å². The molecule has 332 valence electrons. The third-order valence-electron chi connectivity index (χ3n) is 14.9. The number of hydrogen-bond donors (Lipinski definition) is 0. The van der Waals surface area contributed by atoms with Crippen LogP contribution in [0.3, 0.4) is 0 Å². The predicted molar refractivity (Wildman–Crippen MR) is 297 cm³/mol. The number of rotatable bonds is 6. The minimum absolute atomic E-state index is 0.896. The Morgan fingerprint density at radius 3 is 0.915 bits per heavy atom. The molecule has 0 amide bonds. The molecular formula is C66H43N5. The number of hydrogen-bond acceptors (Lipinski definition) is 1. The standard InChI is InChI=1S/C66H43N5/c1-42-55(40-46(70-62-33-14-6-23-51(62)52-24-7-15-34-63(52)70)41-66(42)71-64-35-16-8-25-53(64)54-26-9-17-36-65(54)71)57-28-18-27-56(67-57)43-37-44(68-58-29-10-2-19-47(58)48-20-3-11-30-59(48)68)39-45(38-43)69-60-31-12-4-21-49(60)50-22-5-13-32-61(50)69/h2-41H,1H3. The van der Waals surface area contributed by atoms with Gasteiger partial charge in [0.05, 0.1) is 61.2 Å². The molecule has 0 aliphatic rings. The summed E-state index contributed by atoms with van der Waals surface area (Å²) in [5, 5.41) is 9.82. The highest BCUT2D eigenvalue weighted by Gasteiger charge is 2.22. The Labute approximate surface area is 408 Å². The van der Waals surface area contributed by atoms with E-state index in [0.29, 0.717) is 0 Å². The van der Waals surface area contributed by atoms with Crippen LogP contribution in [0.1, 0.15) is 5.56 Å². The van der Waals surface area contributed by atoms with Crippen LogP contribution in [0.2, 0.25) is 0 Å². The number of para-hydroxylation sites is 8. The van der Waals surface area contributed by atoms with Gasteiger partial charge in [-0.05, 0) is 103 Å². The second kappa shape index (κ2) is 15.3. The fourth-order valence-corrected chi connectivity index (χ4v) is 11.8. The highest BCUT2D eigenvalue weighted by atomic mass is 15.0. The second-order valence-corrected chi connectivity index (χ2v) is 18.8. The first-order valence-corrected chi connectivity index (χ1v) is 24.4. The number of nitrogens with zero attached hydrogens (tertiary/aromatic N) is 5. The maximum absolute atomic E-state index is 5.73. The number of fused-ring (bicyclic) bond motifs is 12. The van der Waals surface area contributed by atoms with E-state index >= 15 is 0 Å².